The largest absolute Gasteiger partial charge is 0.369 e. The molecule has 0 bridgehead atoms. The molecule has 0 aliphatic heterocycles. The summed E-state index contributed by atoms with van der Waals surface area (Å²) in [5.41, 5.74) is 4.39. The van der Waals surface area contributed by atoms with Gasteiger partial charge in [0.2, 0.25) is 0 Å². The van der Waals surface area contributed by atoms with Gasteiger partial charge in [-0.15, -0.1) is 0 Å². The lowest BCUT2D eigenvalue weighted by atomic mass is 9.93. The first kappa shape index (κ1) is 19.3. The third kappa shape index (κ3) is 4.27. The highest BCUT2D eigenvalue weighted by Crippen LogP contribution is 2.26. The van der Waals surface area contributed by atoms with Gasteiger partial charge in [-0.3, -0.25) is 0 Å². The van der Waals surface area contributed by atoms with Crippen LogP contribution >= 0.6 is 0 Å². The Labute approximate surface area is 160 Å². The van der Waals surface area contributed by atoms with Gasteiger partial charge < -0.3 is 10.2 Å². The van der Waals surface area contributed by atoms with Gasteiger partial charge in [0.15, 0.2) is 5.65 Å². The van der Waals surface area contributed by atoms with Crippen LogP contribution in [-0.2, 0) is 0 Å². The van der Waals surface area contributed by atoms with E-state index in [1.807, 2.05) is 23.6 Å². The summed E-state index contributed by atoms with van der Waals surface area (Å²) >= 11 is 0. The molecule has 2 N–H and O–H groups in total. The summed E-state index contributed by atoms with van der Waals surface area (Å²) in [5.74, 6) is 0.679. The van der Waals surface area contributed by atoms with E-state index in [-0.39, 0.29) is 11.2 Å². The summed E-state index contributed by atoms with van der Waals surface area (Å²) in [6.07, 6.45) is 0. The van der Waals surface area contributed by atoms with Crippen molar-refractivity contribution in [2.24, 2.45) is 5.41 Å². The fraction of sp³-hybridized carbons (Fsp3) is 0.429. The number of hydrogen-bond acceptors (Lipinski definition) is 3. The molecule has 6 heteroatoms. The topological polar surface area (TPSA) is 46.7 Å². The molecule has 144 valence electrons. The number of halogens is 1. The van der Waals surface area contributed by atoms with Gasteiger partial charge in [-0.2, -0.15) is 9.61 Å². The normalized spacial score (nSPS) is 12.1. The van der Waals surface area contributed by atoms with Crippen LogP contribution in [0.15, 0.2) is 30.3 Å². The number of benzene rings is 1. The number of fused-ring (bicyclic) bond motifs is 1. The minimum atomic E-state index is -0.267. The number of rotatable bonds is 6. The molecule has 0 aliphatic rings. The average Bonchev–Trinajstić information content (AvgIpc) is 2.97. The minimum Gasteiger partial charge on any atom is -0.369 e. The van der Waals surface area contributed by atoms with E-state index in [9.17, 15) is 4.39 Å². The Morgan fingerprint density at radius 2 is 1.93 bits per heavy atom. The van der Waals surface area contributed by atoms with Crippen LogP contribution in [0.25, 0.3) is 16.9 Å². The Hall–Kier alpha value is -2.47. The standard InChI is InChI=1S/C21H28FN5/c1-14-15(2)24-19-11-18(16-8-7-9-17(22)10-16)25-27(19)20(14)23-12-21(3,4)13-26(5)6/h7-11,23H,12-13H2,1-6H3/p+1. The Balaban J connectivity index is 2.00. The molecule has 3 rings (SSSR count). The Kier molecular flexibility index (Phi) is 5.20. The van der Waals surface area contributed by atoms with Gasteiger partial charge >= 0.3 is 0 Å². The highest BCUT2D eigenvalue weighted by molar-refractivity contribution is 5.66. The highest BCUT2D eigenvalue weighted by Gasteiger charge is 2.23. The predicted octanol–water partition coefficient (Wildman–Crippen LogP) is 2.73. The molecular formula is C21H29FN5+. The van der Waals surface area contributed by atoms with Crippen molar-refractivity contribution in [2.75, 3.05) is 32.5 Å². The van der Waals surface area contributed by atoms with Crippen LogP contribution in [0.2, 0.25) is 0 Å². The second-order valence-electron chi connectivity index (χ2n) is 8.38. The van der Waals surface area contributed by atoms with Crippen LogP contribution < -0.4 is 10.2 Å². The lowest BCUT2D eigenvalue weighted by Crippen LogP contribution is -3.07. The summed E-state index contributed by atoms with van der Waals surface area (Å²) < 4.78 is 15.4. The van der Waals surface area contributed by atoms with Crippen LogP contribution in [0.3, 0.4) is 0 Å². The smallest absolute Gasteiger partial charge is 0.158 e. The summed E-state index contributed by atoms with van der Waals surface area (Å²) in [6, 6.07) is 8.40. The number of nitrogens with zero attached hydrogens (tertiary/aromatic N) is 3. The Bertz CT molecular complexity index is 959. The predicted molar refractivity (Wildman–Crippen MR) is 108 cm³/mol. The molecule has 0 radical (unpaired) electrons. The van der Waals surface area contributed by atoms with Crippen molar-refractivity contribution in [3.63, 3.8) is 0 Å². The molecule has 1 aromatic carbocycles. The zero-order valence-electron chi connectivity index (χ0n) is 17.0. The van der Waals surface area contributed by atoms with Gasteiger partial charge in [0.1, 0.15) is 11.6 Å². The molecule has 0 atom stereocenters. The molecule has 2 aromatic heterocycles. The monoisotopic (exact) mass is 370 g/mol. The summed E-state index contributed by atoms with van der Waals surface area (Å²) in [4.78, 5) is 6.08. The van der Waals surface area contributed by atoms with E-state index in [4.69, 9.17) is 5.10 Å². The Morgan fingerprint density at radius 3 is 2.59 bits per heavy atom. The van der Waals surface area contributed by atoms with Crippen molar-refractivity contribution in [3.8, 4) is 11.3 Å². The number of aromatic nitrogens is 3. The third-order valence-corrected chi connectivity index (χ3v) is 4.77. The number of anilines is 1. The maximum absolute atomic E-state index is 13.6. The molecule has 0 aliphatic carbocycles. The summed E-state index contributed by atoms with van der Waals surface area (Å²) in [6.45, 7) is 10.5. The first-order valence-electron chi connectivity index (χ1n) is 9.32. The SMILES string of the molecule is Cc1nc2cc(-c3cccc(F)c3)nn2c(NCC(C)(C)C[NH+](C)C)c1C. The molecule has 0 unspecified atom stereocenters. The van der Waals surface area contributed by atoms with Gasteiger partial charge in [-0.25, -0.2) is 9.37 Å². The highest BCUT2D eigenvalue weighted by atomic mass is 19.1. The maximum atomic E-state index is 13.6. The van der Waals surface area contributed by atoms with Crippen LogP contribution in [0.1, 0.15) is 25.1 Å². The second kappa shape index (κ2) is 7.27. The Morgan fingerprint density at radius 1 is 1.19 bits per heavy atom. The van der Waals surface area contributed by atoms with E-state index in [0.29, 0.717) is 5.69 Å². The fourth-order valence-electron chi connectivity index (χ4n) is 3.54. The fourth-order valence-corrected chi connectivity index (χ4v) is 3.54. The molecule has 0 amide bonds. The van der Waals surface area contributed by atoms with Gasteiger partial charge in [0, 0.05) is 34.8 Å². The van der Waals surface area contributed by atoms with E-state index in [0.717, 1.165) is 41.4 Å². The van der Waals surface area contributed by atoms with E-state index >= 15 is 0 Å². The van der Waals surface area contributed by atoms with Crippen molar-refractivity contribution in [3.05, 3.63) is 47.4 Å². The lowest BCUT2D eigenvalue weighted by Gasteiger charge is -2.27. The van der Waals surface area contributed by atoms with Crippen molar-refractivity contribution in [2.45, 2.75) is 27.7 Å². The number of hydrogen-bond donors (Lipinski definition) is 2. The third-order valence-electron chi connectivity index (χ3n) is 4.77. The molecule has 0 saturated carbocycles. The maximum Gasteiger partial charge on any atom is 0.158 e. The second-order valence-corrected chi connectivity index (χ2v) is 8.38. The first-order valence-corrected chi connectivity index (χ1v) is 9.32. The lowest BCUT2D eigenvalue weighted by molar-refractivity contribution is -0.865. The first-order chi connectivity index (χ1) is 12.7. The van der Waals surface area contributed by atoms with E-state index in [1.165, 1.54) is 17.0 Å². The molecule has 27 heavy (non-hydrogen) atoms. The number of quaternary nitrogens is 1. The van der Waals surface area contributed by atoms with Crippen LogP contribution in [0.5, 0.6) is 0 Å². The van der Waals surface area contributed by atoms with Gasteiger partial charge in [-0.1, -0.05) is 26.0 Å². The molecular weight excluding hydrogens is 341 g/mol. The van der Waals surface area contributed by atoms with Crippen molar-refractivity contribution in [1.29, 1.82) is 0 Å². The minimum absolute atomic E-state index is 0.132. The van der Waals surface area contributed by atoms with Crippen molar-refractivity contribution >= 4 is 11.5 Å². The van der Waals surface area contributed by atoms with Crippen LogP contribution in [-0.4, -0.2) is 41.8 Å². The van der Waals surface area contributed by atoms with E-state index in [1.54, 1.807) is 6.07 Å². The molecule has 3 aromatic rings. The van der Waals surface area contributed by atoms with Gasteiger partial charge in [0.25, 0.3) is 0 Å². The van der Waals surface area contributed by atoms with Gasteiger partial charge in [-0.05, 0) is 26.0 Å². The molecule has 0 spiro atoms. The van der Waals surface area contributed by atoms with E-state index in [2.05, 4.69) is 45.2 Å². The van der Waals surface area contributed by atoms with Crippen molar-refractivity contribution < 1.29 is 9.29 Å². The van der Waals surface area contributed by atoms with Crippen LogP contribution in [0.4, 0.5) is 10.2 Å². The average molecular weight is 370 g/mol. The molecule has 0 fully saturated rings. The summed E-state index contributed by atoms with van der Waals surface area (Å²) in [7, 11) is 4.33. The zero-order chi connectivity index (χ0) is 19.8. The van der Waals surface area contributed by atoms with Crippen molar-refractivity contribution in [1.82, 2.24) is 14.6 Å². The zero-order valence-corrected chi connectivity index (χ0v) is 17.0. The number of aryl methyl sites for hydroxylation is 1. The van der Waals surface area contributed by atoms with Gasteiger partial charge in [0.05, 0.1) is 26.3 Å². The molecule has 2 heterocycles. The number of nitrogens with one attached hydrogen (secondary N) is 2. The molecule has 0 saturated heterocycles. The van der Waals surface area contributed by atoms with Crippen LogP contribution in [0, 0.1) is 25.1 Å². The quantitative estimate of drug-likeness (QED) is 0.701. The molecule has 5 nitrogen and oxygen atoms in total. The van der Waals surface area contributed by atoms with E-state index < -0.39 is 0 Å². The summed E-state index contributed by atoms with van der Waals surface area (Å²) in [5, 5.41) is 8.30.